The summed E-state index contributed by atoms with van der Waals surface area (Å²) in [5, 5.41) is 5.87. The number of nitrogens with one attached hydrogen (secondary N) is 2. The van der Waals surface area contributed by atoms with Crippen LogP contribution in [0.2, 0.25) is 0 Å². The number of nitrogens with zero attached hydrogens (tertiary/aromatic N) is 2. The molecule has 2 N–H and O–H groups in total. The number of carbonyl (C=O) groups excluding carboxylic acids is 1. The molecule has 4 aromatic rings. The van der Waals surface area contributed by atoms with E-state index in [-0.39, 0.29) is 17.3 Å². The van der Waals surface area contributed by atoms with E-state index in [0.717, 1.165) is 22.4 Å². The van der Waals surface area contributed by atoms with E-state index >= 15 is 0 Å². The Bertz CT molecular complexity index is 1360. The van der Waals surface area contributed by atoms with Crippen LogP contribution in [0.5, 0.6) is 5.75 Å². The van der Waals surface area contributed by atoms with Gasteiger partial charge in [-0.15, -0.1) is 0 Å². The lowest BCUT2D eigenvalue weighted by Crippen LogP contribution is -2.35. The monoisotopic (exact) mass is 402 g/mol. The number of anilines is 2. The normalized spacial score (nSPS) is 13.3. The summed E-state index contributed by atoms with van der Waals surface area (Å²) in [4.78, 5) is 40.5. The first kappa shape index (κ1) is 18.1. The van der Waals surface area contributed by atoms with Gasteiger partial charge >= 0.3 is 0 Å². The predicted molar refractivity (Wildman–Crippen MR) is 113 cm³/mol. The highest BCUT2D eigenvalue weighted by Gasteiger charge is 2.23. The van der Waals surface area contributed by atoms with Gasteiger partial charge in [-0.2, -0.15) is 0 Å². The molecule has 2 heterocycles. The fraction of sp³-hybridized carbons (Fsp3) is 0.182. The number of benzene rings is 2. The first-order chi connectivity index (χ1) is 14.6. The van der Waals surface area contributed by atoms with Crippen LogP contribution in [0.1, 0.15) is 17.3 Å². The van der Waals surface area contributed by atoms with Crippen LogP contribution in [0.15, 0.2) is 52.1 Å². The molecule has 0 aliphatic carbocycles. The second kappa shape index (κ2) is 6.84. The van der Waals surface area contributed by atoms with E-state index in [0.29, 0.717) is 30.9 Å². The molecule has 30 heavy (non-hydrogen) atoms. The van der Waals surface area contributed by atoms with Crippen molar-refractivity contribution in [3.63, 3.8) is 0 Å². The van der Waals surface area contributed by atoms with E-state index in [2.05, 4.69) is 15.2 Å². The summed E-state index contributed by atoms with van der Waals surface area (Å²) in [6.45, 7) is 3.22. The molecule has 8 nitrogen and oxygen atoms in total. The fourth-order valence-corrected chi connectivity index (χ4v) is 3.80. The number of hydrogen-bond acceptors (Lipinski definition) is 6. The zero-order valence-electron chi connectivity index (χ0n) is 16.2. The molecule has 0 unspecified atom stereocenters. The first-order valence-electron chi connectivity index (χ1n) is 9.69. The van der Waals surface area contributed by atoms with Gasteiger partial charge in [0.15, 0.2) is 5.75 Å². The van der Waals surface area contributed by atoms with E-state index < -0.39 is 10.9 Å². The minimum Gasteiger partial charge on any atom is -0.488 e. The minimum absolute atomic E-state index is 0.0801. The zero-order valence-corrected chi connectivity index (χ0v) is 16.2. The number of amides is 1. The smallest absolute Gasteiger partial charge is 0.272 e. The van der Waals surface area contributed by atoms with Crippen molar-refractivity contribution in [1.82, 2.24) is 14.9 Å². The Balaban J connectivity index is 1.50. The van der Waals surface area contributed by atoms with Gasteiger partial charge in [-0.25, -0.2) is 4.98 Å². The molecule has 150 valence electrons. The van der Waals surface area contributed by atoms with Crippen LogP contribution in [0.3, 0.4) is 0 Å². The number of para-hydroxylation sites is 1. The van der Waals surface area contributed by atoms with Gasteiger partial charge in [0.25, 0.3) is 16.8 Å². The Kier molecular flexibility index (Phi) is 4.13. The first-order valence-corrected chi connectivity index (χ1v) is 9.69. The second-order valence-electron chi connectivity index (χ2n) is 7.01. The molecule has 1 amide bonds. The number of aromatic nitrogens is 2. The summed E-state index contributed by atoms with van der Waals surface area (Å²) < 4.78 is 7.29. The van der Waals surface area contributed by atoms with Crippen molar-refractivity contribution < 1.29 is 9.53 Å². The molecule has 0 bridgehead atoms. The lowest BCUT2D eigenvalue weighted by atomic mass is 10.1. The maximum atomic E-state index is 12.3. The zero-order chi connectivity index (χ0) is 20.8. The summed E-state index contributed by atoms with van der Waals surface area (Å²) in [5.74, 6) is 0.754. The lowest BCUT2D eigenvalue weighted by Gasteiger charge is -2.13. The van der Waals surface area contributed by atoms with Gasteiger partial charge in [0.1, 0.15) is 11.5 Å². The quantitative estimate of drug-likeness (QED) is 0.496. The van der Waals surface area contributed by atoms with Crippen LogP contribution in [0.4, 0.5) is 11.4 Å². The summed E-state index contributed by atoms with van der Waals surface area (Å²) in [5.41, 5.74) is 2.76. The van der Waals surface area contributed by atoms with Gasteiger partial charge in [0.2, 0.25) is 0 Å². The molecule has 8 heteroatoms. The van der Waals surface area contributed by atoms with Crippen molar-refractivity contribution in [1.29, 1.82) is 0 Å². The number of imidazole rings is 1. The molecule has 1 aliphatic rings. The predicted octanol–water partition coefficient (Wildman–Crippen LogP) is 2.18. The number of carbonyl (C=O) groups is 1. The van der Waals surface area contributed by atoms with Gasteiger partial charge in [-0.1, -0.05) is 6.07 Å². The van der Waals surface area contributed by atoms with Crippen molar-refractivity contribution in [3.05, 3.63) is 68.5 Å². The summed E-state index contributed by atoms with van der Waals surface area (Å²) in [6.07, 6.45) is 0. The molecule has 5 rings (SSSR count). The minimum atomic E-state index is -0.603. The van der Waals surface area contributed by atoms with E-state index in [1.54, 1.807) is 13.0 Å². The van der Waals surface area contributed by atoms with E-state index in [1.807, 2.05) is 36.4 Å². The van der Waals surface area contributed by atoms with Crippen molar-refractivity contribution in [2.75, 3.05) is 18.5 Å². The SMILES string of the molecule is CCOc1c(Nc2ccc(-c3nc4cccc5c4n3CCNC5=O)cc2)c(=O)c1=O. The molecule has 0 fully saturated rings. The lowest BCUT2D eigenvalue weighted by molar-refractivity contribution is 0.0956. The van der Waals surface area contributed by atoms with Gasteiger partial charge < -0.3 is 19.9 Å². The summed E-state index contributed by atoms with van der Waals surface area (Å²) in [7, 11) is 0. The van der Waals surface area contributed by atoms with Gasteiger partial charge in [0.05, 0.1) is 23.2 Å². The number of ether oxygens (including phenoxy) is 1. The third-order valence-electron chi connectivity index (χ3n) is 5.20. The largest absolute Gasteiger partial charge is 0.488 e. The average Bonchev–Trinajstić information content (AvgIpc) is 3.05. The highest BCUT2D eigenvalue weighted by Crippen LogP contribution is 2.30. The molecule has 0 saturated carbocycles. The van der Waals surface area contributed by atoms with Crippen LogP contribution < -0.4 is 26.2 Å². The molecule has 1 aromatic heterocycles. The van der Waals surface area contributed by atoms with Crippen molar-refractivity contribution in [2.24, 2.45) is 0 Å². The molecular weight excluding hydrogens is 384 g/mol. The second-order valence-corrected chi connectivity index (χ2v) is 7.01. The maximum Gasteiger partial charge on any atom is 0.272 e. The molecule has 3 aromatic carbocycles. The Morgan fingerprint density at radius 2 is 1.90 bits per heavy atom. The Morgan fingerprint density at radius 1 is 1.10 bits per heavy atom. The van der Waals surface area contributed by atoms with Crippen molar-refractivity contribution in [3.8, 4) is 17.1 Å². The molecule has 0 atom stereocenters. The van der Waals surface area contributed by atoms with Gasteiger partial charge in [-0.3, -0.25) is 14.4 Å². The average molecular weight is 402 g/mol. The van der Waals surface area contributed by atoms with E-state index in [4.69, 9.17) is 9.72 Å². The number of hydrogen-bond donors (Lipinski definition) is 2. The molecule has 0 saturated heterocycles. The van der Waals surface area contributed by atoms with E-state index in [1.165, 1.54) is 0 Å². The Morgan fingerprint density at radius 3 is 2.67 bits per heavy atom. The van der Waals surface area contributed by atoms with Gasteiger partial charge in [-0.05, 0) is 43.3 Å². The Labute approximate surface area is 170 Å². The van der Waals surface area contributed by atoms with Crippen LogP contribution >= 0.6 is 0 Å². The van der Waals surface area contributed by atoms with E-state index in [9.17, 15) is 14.4 Å². The molecule has 0 spiro atoms. The molecular formula is C22H18N4O4. The highest BCUT2D eigenvalue weighted by atomic mass is 16.5. The molecule has 0 radical (unpaired) electrons. The molecule has 1 aliphatic heterocycles. The highest BCUT2D eigenvalue weighted by molar-refractivity contribution is 6.06. The van der Waals surface area contributed by atoms with Crippen LogP contribution in [0.25, 0.3) is 22.4 Å². The van der Waals surface area contributed by atoms with Crippen LogP contribution in [-0.4, -0.2) is 28.6 Å². The van der Waals surface area contributed by atoms with Crippen molar-refractivity contribution >= 4 is 28.3 Å². The summed E-state index contributed by atoms with van der Waals surface area (Å²) >= 11 is 0. The van der Waals surface area contributed by atoms with Crippen molar-refractivity contribution in [2.45, 2.75) is 13.5 Å². The van der Waals surface area contributed by atoms with Crippen LogP contribution in [-0.2, 0) is 6.54 Å². The van der Waals surface area contributed by atoms with Gasteiger partial charge in [0, 0.05) is 24.3 Å². The van der Waals surface area contributed by atoms with Crippen LogP contribution in [0, 0.1) is 0 Å². The Hall–Kier alpha value is -3.94. The standard InChI is InChI=1S/C22H18N4O4/c1-2-30-20-16(18(27)19(20)28)24-13-8-6-12(7-9-13)21-25-15-5-3-4-14-17(15)26(21)11-10-23-22(14)29/h3-9,24H,2,10-11H2,1H3,(H,23,29). The third-order valence-corrected chi connectivity index (χ3v) is 5.20. The topological polar surface area (TPSA) is 102 Å². The summed E-state index contributed by atoms with van der Waals surface area (Å²) in [6, 6.07) is 12.9. The maximum absolute atomic E-state index is 12.3. The number of rotatable bonds is 5. The third kappa shape index (κ3) is 2.68. The fourth-order valence-electron chi connectivity index (χ4n) is 3.80.